The Morgan fingerprint density at radius 2 is 1.92 bits per heavy atom. The van der Waals surface area contributed by atoms with Gasteiger partial charge in [0.05, 0.1) is 26.9 Å². The fourth-order valence-corrected chi connectivity index (χ4v) is 6.81. The lowest BCUT2D eigenvalue weighted by Gasteiger charge is -2.14. The molecule has 12 heteroatoms. The van der Waals surface area contributed by atoms with Crippen molar-refractivity contribution >= 4 is 50.0 Å². The number of alkyl halides is 3. The summed E-state index contributed by atoms with van der Waals surface area (Å²) in [4.78, 5) is 24.4. The first-order valence-corrected chi connectivity index (χ1v) is 13.1. The number of anilines is 1. The molecule has 0 bridgehead atoms. The molecule has 1 aliphatic rings. The minimum absolute atomic E-state index is 0.0164. The molecule has 38 heavy (non-hydrogen) atoms. The van der Waals surface area contributed by atoms with Gasteiger partial charge in [0.15, 0.2) is 0 Å². The number of fused-ring (bicyclic) bond motifs is 1. The molecule has 0 saturated heterocycles. The van der Waals surface area contributed by atoms with E-state index in [-0.39, 0.29) is 21.0 Å². The molecule has 1 saturated carbocycles. The van der Waals surface area contributed by atoms with Gasteiger partial charge in [-0.2, -0.15) is 18.3 Å². The highest BCUT2D eigenvalue weighted by molar-refractivity contribution is 7.28. The van der Waals surface area contributed by atoms with Gasteiger partial charge in [-0.25, -0.2) is 4.79 Å². The summed E-state index contributed by atoms with van der Waals surface area (Å²) in [6.45, 7) is 1.72. The van der Waals surface area contributed by atoms with Crippen LogP contribution in [0.2, 0.25) is 0 Å². The fourth-order valence-electron chi connectivity index (χ4n) is 4.04. The number of amides is 1. The maximum Gasteiger partial charge on any atom is 0.419 e. The number of halogens is 3. The molecule has 3 heterocycles. The lowest BCUT2D eigenvalue weighted by Crippen LogP contribution is -2.18. The van der Waals surface area contributed by atoms with Crippen molar-refractivity contribution in [3.05, 3.63) is 69.0 Å². The van der Waals surface area contributed by atoms with Gasteiger partial charge in [-0.1, -0.05) is 36.3 Å². The van der Waals surface area contributed by atoms with Gasteiger partial charge in [-0.15, -0.1) is 22.7 Å². The maximum atomic E-state index is 14.1. The van der Waals surface area contributed by atoms with E-state index < -0.39 is 35.3 Å². The first kappa shape index (κ1) is 25.8. The van der Waals surface area contributed by atoms with E-state index in [2.05, 4.69) is 22.3 Å². The smallest absolute Gasteiger partial charge is 0.419 e. The number of nitrogens with zero attached hydrogens (tertiary/aromatic N) is 2. The molecule has 1 amide bonds. The van der Waals surface area contributed by atoms with Gasteiger partial charge in [0.25, 0.3) is 0 Å². The SMILES string of the molecule is C[C@@H](OC(=O)Nc1c(C#Cc2sc3cc(C4(C(=O)O)CC4)sc3c2C(F)(F)F)cnn1C)c1ccccc1. The number of rotatable bonds is 5. The number of carboxylic acid groups (broad SMARTS) is 1. The second-order valence-corrected chi connectivity index (χ2v) is 11.0. The van der Waals surface area contributed by atoms with E-state index in [1.807, 2.05) is 30.3 Å². The normalized spacial score (nSPS) is 15.0. The van der Waals surface area contributed by atoms with Crippen LogP contribution >= 0.6 is 22.7 Å². The molecular formula is C26H20F3N3O4S2. The summed E-state index contributed by atoms with van der Waals surface area (Å²) in [6, 6.07) is 10.7. The number of carboxylic acids is 1. The summed E-state index contributed by atoms with van der Waals surface area (Å²) < 4.78 is 49.3. The van der Waals surface area contributed by atoms with E-state index in [1.54, 1.807) is 14.0 Å². The molecule has 196 valence electrons. The molecule has 1 atom stereocenters. The molecule has 0 aliphatic heterocycles. The van der Waals surface area contributed by atoms with Crippen LogP contribution in [0.15, 0.2) is 42.6 Å². The number of hydrogen-bond donors (Lipinski definition) is 2. The summed E-state index contributed by atoms with van der Waals surface area (Å²) in [6.07, 6.45) is -3.82. The minimum atomic E-state index is -4.68. The average molecular weight is 560 g/mol. The molecule has 3 aromatic heterocycles. The lowest BCUT2D eigenvalue weighted by atomic mass is 10.1. The van der Waals surface area contributed by atoms with Crippen LogP contribution in [-0.2, 0) is 28.2 Å². The van der Waals surface area contributed by atoms with Crippen LogP contribution in [0.3, 0.4) is 0 Å². The number of thiophene rings is 2. The molecule has 1 aliphatic carbocycles. The van der Waals surface area contributed by atoms with Crippen molar-refractivity contribution in [3.8, 4) is 11.8 Å². The highest BCUT2D eigenvalue weighted by Crippen LogP contribution is 2.54. The third kappa shape index (κ3) is 4.75. The Balaban J connectivity index is 1.42. The molecule has 1 aromatic carbocycles. The van der Waals surface area contributed by atoms with Crippen molar-refractivity contribution in [2.24, 2.45) is 7.05 Å². The van der Waals surface area contributed by atoms with Gasteiger partial charge >= 0.3 is 18.2 Å². The van der Waals surface area contributed by atoms with Crippen molar-refractivity contribution in [2.45, 2.75) is 37.5 Å². The van der Waals surface area contributed by atoms with Crippen molar-refractivity contribution in [1.29, 1.82) is 0 Å². The first-order chi connectivity index (χ1) is 18.0. The van der Waals surface area contributed by atoms with E-state index in [4.69, 9.17) is 4.74 Å². The number of benzene rings is 1. The van der Waals surface area contributed by atoms with Crippen LogP contribution in [-0.4, -0.2) is 26.9 Å². The number of hydrogen-bond acceptors (Lipinski definition) is 6. The monoisotopic (exact) mass is 559 g/mol. The summed E-state index contributed by atoms with van der Waals surface area (Å²) in [5.41, 5.74) is -0.952. The van der Waals surface area contributed by atoms with Crippen molar-refractivity contribution in [2.75, 3.05) is 5.32 Å². The van der Waals surface area contributed by atoms with E-state index in [1.165, 1.54) is 16.9 Å². The lowest BCUT2D eigenvalue weighted by molar-refractivity contribution is -0.140. The Morgan fingerprint density at radius 1 is 1.21 bits per heavy atom. The van der Waals surface area contributed by atoms with Gasteiger partial charge < -0.3 is 9.84 Å². The van der Waals surface area contributed by atoms with Crippen molar-refractivity contribution in [1.82, 2.24) is 9.78 Å². The van der Waals surface area contributed by atoms with Crippen LogP contribution in [0.25, 0.3) is 9.40 Å². The Labute approximate surface area is 222 Å². The van der Waals surface area contributed by atoms with Gasteiger partial charge in [0, 0.05) is 16.6 Å². The number of carbonyl (C=O) groups is 2. The summed E-state index contributed by atoms with van der Waals surface area (Å²) in [5, 5.41) is 16.2. The van der Waals surface area contributed by atoms with Crippen LogP contribution in [0.1, 0.15) is 52.3 Å². The molecule has 4 aromatic rings. The van der Waals surface area contributed by atoms with Crippen LogP contribution in [0.4, 0.5) is 23.8 Å². The van der Waals surface area contributed by atoms with E-state index in [9.17, 15) is 27.9 Å². The largest absolute Gasteiger partial charge is 0.481 e. The highest BCUT2D eigenvalue weighted by Gasteiger charge is 2.53. The average Bonchev–Trinajstić information content (AvgIpc) is 3.31. The molecule has 1 fully saturated rings. The fraction of sp³-hybridized carbons (Fsp3) is 0.269. The molecule has 7 nitrogen and oxygen atoms in total. The summed E-state index contributed by atoms with van der Waals surface area (Å²) in [7, 11) is 1.56. The number of aliphatic carboxylic acids is 1. The van der Waals surface area contributed by atoms with E-state index in [0.29, 0.717) is 22.4 Å². The van der Waals surface area contributed by atoms with Crippen LogP contribution in [0.5, 0.6) is 0 Å². The molecular weight excluding hydrogens is 539 g/mol. The highest BCUT2D eigenvalue weighted by atomic mass is 32.1. The maximum absolute atomic E-state index is 14.1. The number of carbonyl (C=O) groups excluding carboxylic acids is 1. The second-order valence-electron chi connectivity index (χ2n) is 8.86. The quantitative estimate of drug-likeness (QED) is 0.271. The Kier molecular flexibility index (Phi) is 6.44. The zero-order chi connectivity index (χ0) is 27.2. The molecule has 0 radical (unpaired) electrons. The Hall–Kier alpha value is -3.82. The van der Waals surface area contributed by atoms with E-state index >= 15 is 0 Å². The topological polar surface area (TPSA) is 93.4 Å². The molecule has 0 unspecified atom stereocenters. The third-order valence-corrected chi connectivity index (χ3v) is 8.84. The van der Waals surface area contributed by atoms with Gasteiger partial charge in [-0.05, 0) is 37.3 Å². The number of aryl methyl sites for hydroxylation is 1. The van der Waals surface area contributed by atoms with Gasteiger partial charge in [0.1, 0.15) is 17.3 Å². The van der Waals surface area contributed by atoms with Crippen LogP contribution < -0.4 is 5.32 Å². The zero-order valence-electron chi connectivity index (χ0n) is 20.0. The number of nitrogens with one attached hydrogen (secondary N) is 1. The predicted molar refractivity (Wildman–Crippen MR) is 137 cm³/mol. The van der Waals surface area contributed by atoms with Gasteiger partial charge in [0.2, 0.25) is 0 Å². The molecule has 5 rings (SSSR count). The summed E-state index contributed by atoms with van der Waals surface area (Å²) >= 11 is 1.73. The zero-order valence-corrected chi connectivity index (χ0v) is 21.7. The third-order valence-electron chi connectivity index (χ3n) is 6.30. The summed E-state index contributed by atoms with van der Waals surface area (Å²) in [5.74, 6) is 4.45. The first-order valence-electron chi connectivity index (χ1n) is 11.4. The minimum Gasteiger partial charge on any atom is -0.481 e. The van der Waals surface area contributed by atoms with Crippen molar-refractivity contribution in [3.63, 3.8) is 0 Å². The Bertz CT molecular complexity index is 1610. The number of aromatic nitrogens is 2. The standard InChI is InChI=1S/C26H20F3N3O4S2/c1-14(15-6-4-3-5-7-15)36-24(35)31-22-16(13-30-32(22)2)8-9-17-20(26(27,28)29)21-18(37-17)12-19(38-21)25(10-11-25)23(33)34/h3-7,12-14H,10-11H2,1-2H3,(H,31,35)(H,33,34)/t14-/m1/s1. The van der Waals surface area contributed by atoms with Crippen LogP contribution in [0, 0.1) is 11.8 Å². The molecule has 2 N–H and O–H groups in total. The second kappa shape index (κ2) is 9.49. The Morgan fingerprint density at radius 3 is 2.55 bits per heavy atom. The predicted octanol–water partition coefficient (Wildman–Crippen LogP) is 6.54. The van der Waals surface area contributed by atoms with E-state index in [0.717, 1.165) is 28.2 Å². The molecule has 0 spiro atoms. The number of ether oxygens (including phenoxy) is 1. The van der Waals surface area contributed by atoms with Gasteiger partial charge in [-0.3, -0.25) is 14.8 Å². The van der Waals surface area contributed by atoms with Crippen molar-refractivity contribution < 1.29 is 32.6 Å².